The highest BCUT2D eigenvalue weighted by atomic mass is 16.5. The molecule has 34 heavy (non-hydrogen) atoms. The van der Waals surface area contributed by atoms with E-state index in [9.17, 15) is 5.11 Å². The highest BCUT2D eigenvalue weighted by molar-refractivity contribution is 6.06. The summed E-state index contributed by atoms with van der Waals surface area (Å²) >= 11 is 0. The van der Waals surface area contributed by atoms with Gasteiger partial charge in [0.2, 0.25) is 0 Å². The lowest BCUT2D eigenvalue weighted by molar-refractivity contribution is 0.0582. The second-order valence-electron chi connectivity index (χ2n) is 9.82. The van der Waals surface area contributed by atoms with Crippen LogP contribution in [0.1, 0.15) is 48.8 Å². The van der Waals surface area contributed by atoms with E-state index in [1.165, 1.54) is 22.3 Å². The van der Waals surface area contributed by atoms with Crippen LogP contribution in [0.2, 0.25) is 0 Å². The molecule has 0 saturated carbocycles. The monoisotopic (exact) mass is 459 g/mol. The number of nitrogens with one attached hydrogen (secondary N) is 1. The second-order valence-corrected chi connectivity index (χ2v) is 9.82. The summed E-state index contributed by atoms with van der Waals surface area (Å²) < 4.78 is 7.68. The molecule has 4 N–H and O–H groups in total. The Labute approximate surface area is 200 Å². The summed E-state index contributed by atoms with van der Waals surface area (Å²) in [6.07, 6.45) is 1.92. The zero-order chi connectivity index (χ0) is 23.9. The van der Waals surface area contributed by atoms with Crippen LogP contribution in [0.25, 0.3) is 21.9 Å². The maximum Gasteiger partial charge on any atom is 0.152 e. The van der Waals surface area contributed by atoms with Crippen LogP contribution in [-0.2, 0) is 37.3 Å². The first-order chi connectivity index (χ1) is 16.3. The van der Waals surface area contributed by atoms with Gasteiger partial charge in [0.15, 0.2) is 5.82 Å². The number of hydrogen-bond acceptors (Lipinski definition) is 6. The number of benzene rings is 2. The van der Waals surface area contributed by atoms with Crippen LogP contribution >= 0.6 is 0 Å². The minimum Gasteiger partial charge on any atom is -0.389 e. The molecule has 3 heterocycles. The van der Waals surface area contributed by atoms with Crippen LogP contribution in [0.4, 0.5) is 5.82 Å². The Kier molecular flexibility index (Phi) is 6.02. The number of aromatic nitrogens is 3. The molecule has 7 heteroatoms. The van der Waals surface area contributed by atoms with Gasteiger partial charge >= 0.3 is 0 Å². The van der Waals surface area contributed by atoms with Gasteiger partial charge in [0.25, 0.3) is 0 Å². The van der Waals surface area contributed by atoms with Gasteiger partial charge in [-0.25, -0.2) is 9.97 Å². The van der Waals surface area contributed by atoms with E-state index in [0.717, 1.165) is 48.2 Å². The first-order valence-electron chi connectivity index (χ1n) is 12.0. The fraction of sp³-hybridized carbons (Fsp3) is 0.407. The summed E-state index contributed by atoms with van der Waals surface area (Å²) in [4.78, 5) is 9.45. The molecule has 0 amide bonds. The molecule has 0 unspecified atom stereocenters. The van der Waals surface area contributed by atoms with Crippen molar-refractivity contribution < 1.29 is 9.84 Å². The summed E-state index contributed by atoms with van der Waals surface area (Å²) in [6, 6.07) is 13.2. The van der Waals surface area contributed by atoms with Crippen molar-refractivity contribution in [2.75, 3.05) is 18.9 Å². The number of nitrogens with zero attached hydrogens (tertiary/aromatic N) is 3. The molecule has 0 aliphatic carbocycles. The number of anilines is 1. The number of fused-ring (bicyclic) bond motifs is 4. The van der Waals surface area contributed by atoms with Gasteiger partial charge in [0.1, 0.15) is 17.9 Å². The van der Waals surface area contributed by atoms with E-state index in [4.69, 9.17) is 20.4 Å². The minimum absolute atomic E-state index is 0.355. The maximum atomic E-state index is 10.6. The van der Waals surface area contributed by atoms with Gasteiger partial charge in [-0.1, -0.05) is 30.3 Å². The summed E-state index contributed by atoms with van der Waals surface area (Å²) in [7, 11) is 0. The Morgan fingerprint density at radius 1 is 1.12 bits per heavy atom. The summed E-state index contributed by atoms with van der Waals surface area (Å²) in [6.45, 7) is 8.86. The predicted molar refractivity (Wildman–Crippen MR) is 136 cm³/mol. The SMILES string of the molecule is CCOCc1nc2c(N)nc3cc(Cc4ccc5c(c4)CCNC5)ccc3c2n1CC(C)(C)O. The van der Waals surface area contributed by atoms with Crippen molar-refractivity contribution in [3.05, 3.63) is 64.5 Å². The average Bonchev–Trinajstić information content (AvgIpc) is 3.15. The minimum atomic E-state index is -0.916. The van der Waals surface area contributed by atoms with Crippen LogP contribution < -0.4 is 11.1 Å². The number of imidazole rings is 1. The van der Waals surface area contributed by atoms with Gasteiger partial charge in [-0.05, 0) is 68.5 Å². The molecule has 5 rings (SSSR count). The first-order valence-corrected chi connectivity index (χ1v) is 12.0. The lowest BCUT2D eigenvalue weighted by Gasteiger charge is -2.21. The normalized spacial score (nSPS) is 14.1. The van der Waals surface area contributed by atoms with E-state index in [1.807, 2.05) is 11.5 Å². The smallest absolute Gasteiger partial charge is 0.152 e. The Morgan fingerprint density at radius 3 is 2.71 bits per heavy atom. The van der Waals surface area contributed by atoms with Crippen LogP contribution in [-0.4, -0.2) is 38.4 Å². The Morgan fingerprint density at radius 2 is 1.91 bits per heavy atom. The van der Waals surface area contributed by atoms with Crippen LogP contribution in [0.15, 0.2) is 36.4 Å². The topological polar surface area (TPSA) is 98.2 Å². The Balaban J connectivity index is 1.57. The summed E-state index contributed by atoms with van der Waals surface area (Å²) in [5.41, 5.74) is 13.2. The molecule has 2 aromatic carbocycles. The number of rotatable bonds is 7. The van der Waals surface area contributed by atoms with Crippen molar-refractivity contribution in [1.82, 2.24) is 19.9 Å². The molecule has 1 aliphatic heterocycles. The molecule has 0 fully saturated rings. The number of nitrogens with two attached hydrogens (primary N) is 1. The largest absolute Gasteiger partial charge is 0.389 e. The van der Waals surface area contributed by atoms with E-state index in [2.05, 4.69) is 41.7 Å². The van der Waals surface area contributed by atoms with E-state index in [-0.39, 0.29) is 0 Å². The molecule has 0 saturated heterocycles. The van der Waals surface area contributed by atoms with Crippen molar-refractivity contribution >= 4 is 27.8 Å². The number of ether oxygens (including phenoxy) is 1. The van der Waals surface area contributed by atoms with E-state index >= 15 is 0 Å². The molecule has 0 spiro atoms. The van der Waals surface area contributed by atoms with Crippen molar-refractivity contribution in [2.24, 2.45) is 0 Å². The van der Waals surface area contributed by atoms with Crippen molar-refractivity contribution in [3.63, 3.8) is 0 Å². The number of aliphatic hydroxyl groups is 1. The Hall–Kier alpha value is -3.00. The van der Waals surface area contributed by atoms with Crippen molar-refractivity contribution in [1.29, 1.82) is 0 Å². The maximum absolute atomic E-state index is 10.6. The fourth-order valence-electron chi connectivity index (χ4n) is 4.85. The van der Waals surface area contributed by atoms with Gasteiger partial charge in [-0.15, -0.1) is 0 Å². The zero-order valence-electron chi connectivity index (χ0n) is 20.2. The van der Waals surface area contributed by atoms with Crippen LogP contribution in [0.3, 0.4) is 0 Å². The van der Waals surface area contributed by atoms with Gasteiger partial charge in [0.05, 0.1) is 23.2 Å². The van der Waals surface area contributed by atoms with E-state index in [0.29, 0.717) is 31.1 Å². The van der Waals surface area contributed by atoms with Gasteiger partial charge in [-0.3, -0.25) is 0 Å². The number of pyridine rings is 1. The summed E-state index contributed by atoms with van der Waals surface area (Å²) in [5, 5.41) is 15.0. The lowest BCUT2D eigenvalue weighted by atomic mass is 9.95. The molecule has 0 atom stereocenters. The molecule has 0 bridgehead atoms. The van der Waals surface area contributed by atoms with Gasteiger partial charge < -0.3 is 25.5 Å². The standard InChI is InChI=1S/C27H33N5O2/c1-4-34-15-23-31-24-25(32(23)16-27(2,3)33)21-8-6-18(13-22(21)30-26(24)28)11-17-5-7-20-14-29-10-9-19(20)12-17/h5-8,12-13,29,33H,4,9-11,14-16H2,1-3H3,(H2,28,30). The highest BCUT2D eigenvalue weighted by Crippen LogP contribution is 2.31. The molecule has 178 valence electrons. The van der Waals surface area contributed by atoms with Gasteiger partial charge in [-0.2, -0.15) is 0 Å². The molecule has 4 aromatic rings. The van der Waals surface area contributed by atoms with Crippen molar-refractivity contribution in [3.8, 4) is 0 Å². The first kappa shape index (κ1) is 22.8. The number of hydrogen-bond donors (Lipinski definition) is 3. The molecule has 1 aliphatic rings. The quantitative estimate of drug-likeness (QED) is 0.390. The third-order valence-electron chi connectivity index (χ3n) is 6.39. The third-order valence-corrected chi connectivity index (χ3v) is 6.39. The van der Waals surface area contributed by atoms with Crippen LogP contribution in [0.5, 0.6) is 0 Å². The van der Waals surface area contributed by atoms with Crippen LogP contribution in [0, 0.1) is 0 Å². The molecule has 2 aromatic heterocycles. The molecular formula is C27H33N5O2. The predicted octanol–water partition coefficient (Wildman–Crippen LogP) is 3.71. The zero-order valence-corrected chi connectivity index (χ0v) is 20.2. The Bertz CT molecular complexity index is 1350. The second kappa shape index (κ2) is 8.98. The van der Waals surface area contributed by atoms with Crippen molar-refractivity contribution in [2.45, 2.75) is 58.9 Å². The molecule has 0 radical (unpaired) electrons. The molecular weight excluding hydrogens is 426 g/mol. The fourth-order valence-corrected chi connectivity index (χ4v) is 4.85. The molecule has 7 nitrogen and oxygen atoms in total. The highest BCUT2D eigenvalue weighted by Gasteiger charge is 2.22. The third kappa shape index (κ3) is 4.51. The summed E-state index contributed by atoms with van der Waals surface area (Å²) in [5.74, 6) is 1.14. The lowest BCUT2D eigenvalue weighted by Crippen LogP contribution is -2.27. The van der Waals surface area contributed by atoms with E-state index < -0.39 is 5.60 Å². The van der Waals surface area contributed by atoms with Gasteiger partial charge in [0, 0.05) is 18.5 Å². The van der Waals surface area contributed by atoms with E-state index in [1.54, 1.807) is 13.8 Å². The number of nitrogen functional groups attached to an aromatic ring is 1. The average molecular weight is 460 g/mol.